The molecule has 1 fully saturated rings. The molecule has 0 aromatic heterocycles. The minimum absolute atomic E-state index is 0.106. The number of amides is 1. The maximum Gasteiger partial charge on any atom is 0.338 e. The van der Waals surface area contributed by atoms with Gasteiger partial charge in [-0.25, -0.2) is 4.79 Å². The van der Waals surface area contributed by atoms with Gasteiger partial charge in [-0.15, -0.1) is 0 Å². The highest BCUT2D eigenvalue weighted by Crippen LogP contribution is 2.15. The van der Waals surface area contributed by atoms with Crippen molar-refractivity contribution in [1.29, 1.82) is 0 Å². The summed E-state index contributed by atoms with van der Waals surface area (Å²) in [4.78, 5) is 39.1. The molecule has 0 unspecified atom stereocenters. The Labute approximate surface area is 165 Å². The van der Waals surface area contributed by atoms with Crippen LogP contribution in [0.25, 0.3) is 0 Å². The molecule has 1 saturated heterocycles. The molecular formula is C23H25NO4. The van der Waals surface area contributed by atoms with Crippen LogP contribution in [-0.4, -0.2) is 41.8 Å². The summed E-state index contributed by atoms with van der Waals surface area (Å²) >= 11 is 0. The Hall–Kier alpha value is -2.95. The van der Waals surface area contributed by atoms with E-state index >= 15 is 0 Å². The lowest BCUT2D eigenvalue weighted by Crippen LogP contribution is -2.40. The number of likely N-dealkylation sites (tertiary alicyclic amines) is 1. The molecule has 1 aliphatic rings. The largest absolute Gasteiger partial charge is 0.449 e. The molecule has 28 heavy (non-hydrogen) atoms. The zero-order valence-electron chi connectivity index (χ0n) is 16.1. The van der Waals surface area contributed by atoms with Gasteiger partial charge in [-0.05, 0) is 31.9 Å². The van der Waals surface area contributed by atoms with Gasteiger partial charge in [0.2, 0.25) is 0 Å². The quantitative estimate of drug-likeness (QED) is 0.584. The standard InChI is InChI=1S/C23H25NO4/c1-17(22(26)24-15-7-2-3-8-16-24)28-23(27)20-13-11-19(12-14-20)21(25)18-9-5-4-6-10-18/h4-6,9-14,17H,2-3,7-8,15-16H2,1H3/t17-/m1/s1. The smallest absolute Gasteiger partial charge is 0.338 e. The van der Waals surface area contributed by atoms with Gasteiger partial charge in [-0.1, -0.05) is 55.3 Å². The number of carbonyl (C=O) groups is 3. The molecule has 0 radical (unpaired) electrons. The van der Waals surface area contributed by atoms with Gasteiger partial charge < -0.3 is 9.64 Å². The van der Waals surface area contributed by atoms with Crippen molar-refractivity contribution in [1.82, 2.24) is 4.90 Å². The van der Waals surface area contributed by atoms with Crippen molar-refractivity contribution in [2.45, 2.75) is 38.7 Å². The van der Waals surface area contributed by atoms with E-state index in [1.165, 1.54) is 0 Å². The normalized spacial score (nSPS) is 15.4. The average Bonchev–Trinajstić information content (AvgIpc) is 3.03. The lowest BCUT2D eigenvalue weighted by molar-refractivity contribution is -0.139. The summed E-state index contributed by atoms with van der Waals surface area (Å²) in [5.41, 5.74) is 1.41. The monoisotopic (exact) mass is 379 g/mol. The second kappa shape index (κ2) is 9.31. The number of rotatable bonds is 5. The van der Waals surface area contributed by atoms with Crippen LogP contribution < -0.4 is 0 Å². The molecule has 146 valence electrons. The minimum Gasteiger partial charge on any atom is -0.449 e. The maximum atomic E-state index is 12.5. The third-order valence-corrected chi connectivity index (χ3v) is 4.97. The molecule has 1 amide bonds. The van der Waals surface area contributed by atoms with Gasteiger partial charge in [-0.3, -0.25) is 9.59 Å². The van der Waals surface area contributed by atoms with Gasteiger partial charge >= 0.3 is 5.97 Å². The molecule has 5 heteroatoms. The second-order valence-corrected chi connectivity index (χ2v) is 7.06. The van der Waals surface area contributed by atoms with E-state index in [1.54, 1.807) is 48.2 Å². The van der Waals surface area contributed by atoms with Crippen molar-refractivity contribution < 1.29 is 19.1 Å². The third kappa shape index (κ3) is 4.85. The van der Waals surface area contributed by atoms with E-state index in [1.807, 2.05) is 18.2 Å². The van der Waals surface area contributed by atoms with Crippen LogP contribution in [0.2, 0.25) is 0 Å². The molecule has 0 bridgehead atoms. The van der Waals surface area contributed by atoms with Crippen LogP contribution in [0, 0.1) is 0 Å². The third-order valence-electron chi connectivity index (χ3n) is 4.97. The first-order valence-corrected chi connectivity index (χ1v) is 9.76. The fraction of sp³-hybridized carbons (Fsp3) is 0.348. The van der Waals surface area contributed by atoms with Crippen molar-refractivity contribution in [2.24, 2.45) is 0 Å². The minimum atomic E-state index is -0.823. The van der Waals surface area contributed by atoms with Crippen LogP contribution in [-0.2, 0) is 9.53 Å². The van der Waals surface area contributed by atoms with Crippen molar-refractivity contribution >= 4 is 17.7 Å². The number of nitrogens with zero attached hydrogens (tertiary/aromatic N) is 1. The Morgan fingerprint density at radius 2 is 1.32 bits per heavy atom. The molecule has 0 N–H and O–H groups in total. The predicted octanol–water partition coefficient (Wildman–Crippen LogP) is 3.87. The fourth-order valence-corrected chi connectivity index (χ4v) is 3.34. The summed E-state index contributed by atoms with van der Waals surface area (Å²) in [7, 11) is 0. The second-order valence-electron chi connectivity index (χ2n) is 7.06. The molecule has 2 aromatic rings. The van der Waals surface area contributed by atoms with E-state index in [9.17, 15) is 14.4 Å². The topological polar surface area (TPSA) is 63.7 Å². The Balaban J connectivity index is 1.61. The van der Waals surface area contributed by atoms with E-state index in [4.69, 9.17) is 4.74 Å². The van der Waals surface area contributed by atoms with Gasteiger partial charge in [0, 0.05) is 24.2 Å². The lowest BCUT2D eigenvalue weighted by atomic mass is 10.0. The molecule has 0 spiro atoms. The zero-order chi connectivity index (χ0) is 19.9. The first-order chi connectivity index (χ1) is 13.6. The fourth-order valence-electron chi connectivity index (χ4n) is 3.34. The van der Waals surface area contributed by atoms with Crippen molar-refractivity contribution in [2.75, 3.05) is 13.1 Å². The number of hydrogen-bond acceptors (Lipinski definition) is 4. The van der Waals surface area contributed by atoms with E-state index in [2.05, 4.69) is 0 Å². The lowest BCUT2D eigenvalue weighted by Gasteiger charge is -2.24. The van der Waals surface area contributed by atoms with Crippen molar-refractivity contribution in [3.05, 3.63) is 71.3 Å². The van der Waals surface area contributed by atoms with E-state index in [-0.39, 0.29) is 11.7 Å². The first kappa shape index (κ1) is 19.8. The SMILES string of the molecule is C[C@@H](OC(=O)c1ccc(C(=O)c2ccccc2)cc1)C(=O)N1CCCCCC1. The molecule has 3 rings (SSSR count). The van der Waals surface area contributed by atoms with Crippen LogP contribution in [0.3, 0.4) is 0 Å². The van der Waals surface area contributed by atoms with Crippen LogP contribution in [0.5, 0.6) is 0 Å². The Morgan fingerprint density at radius 1 is 0.786 bits per heavy atom. The van der Waals surface area contributed by atoms with Crippen LogP contribution in [0.4, 0.5) is 0 Å². The zero-order valence-corrected chi connectivity index (χ0v) is 16.1. The first-order valence-electron chi connectivity index (χ1n) is 9.76. The van der Waals surface area contributed by atoms with Gasteiger partial charge in [0.15, 0.2) is 11.9 Å². The number of esters is 1. The highest BCUT2D eigenvalue weighted by Gasteiger charge is 2.25. The van der Waals surface area contributed by atoms with Gasteiger partial charge in [0.05, 0.1) is 5.56 Å². The summed E-state index contributed by atoms with van der Waals surface area (Å²) in [6.07, 6.45) is 3.42. The number of ether oxygens (including phenoxy) is 1. The maximum absolute atomic E-state index is 12.5. The number of ketones is 1. The van der Waals surface area contributed by atoms with Gasteiger partial charge in [-0.2, -0.15) is 0 Å². The highest BCUT2D eigenvalue weighted by atomic mass is 16.5. The molecular weight excluding hydrogens is 354 g/mol. The molecule has 1 heterocycles. The number of benzene rings is 2. The molecule has 1 aliphatic heterocycles. The molecule has 0 saturated carbocycles. The van der Waals surface area contributed by atoms with E-state index < -0.39 is 12.1 Å². The number of hydrogen-bond donors (Lipinski definition) is 0. The molecule has 1 atom stereocenters. The summed E-state index contributed by atoms with van der Waals surface area (Å²) in [5, 5.41) is 0. The molecule has 5 nitrogen and oxygen atoms in total. The Bertz CT molecular complexity index is 821. The molecule has 0 aliphatic carbocycles. The summed E-state index contributed by atoms with van der Waals surface area (Å²) in [6.45, 7) is 3.05. The highest BCUT2D eigenvalue weighted by molar-refractivity contribution is 6.09. The van der Waals surface area contributed by atoms with Crippen LogP contribution >= 0.6 is 0 Å². The van der Waals surface area contributed by atoms with Gasteiger partial charge in [0.1, 0.15) is 0 Å². The summed E-state index contributed by atoms with van der Waals surface area (Å²) in [6, 6.07) is 15.3. The van der Waals surface area contributed by atoms with E-state index in [0.717, 1.165) is 38.8 Å². The Morgan fingerprint density at radius 3 is 1.93 bits per heavy atom. The predicted molar refractivity (Wildman–Crippen MR) is 106 cm³/mol. The van der Waals surface area contributed by atoms with Crippen molar-refractivity contribution in [3.8, 4) is 0 Å². The molecule has 2 aromatic carbocycles. The van der Waals surface area contributed by atoms with Crippen LogP contribution in [0.15, 0.2) is 54.6 Å². The average molecular weight is 379 g/mol. The summed E-state index contributed by atoms with van der Waals surface area (Å²) in [5.74, 6) is -0.814. The van der Waals surface area contributed by atoms with E-state index in [0.29, 0.717) is 16.7 Å². The van der Waals surface area contributed by atoms with Crippen LogP contribution in [0.1, 0.15) is 58.9 Å². The number of carbonyl (C=O) groups excluding carboxylic acids is 3. The Kier molecular flexibility index (Phi) is 6.58. The van der Waals surface area contributed by atoms with Gasteiger partial charge in [0.25, 0.3) is 5.91 Å². The summed E-state index contributed by atoms with van der Waals surface area (Å²) < 4.78 is 5.36. The van der Waals surface area contributed by atoms with Crippen molar-refractivity contribution in [3.63, 3.8) is 0 Å².